The maximum absolute atomic E-state index is 4.54. The average molecular weight is 274 g/mol. The lowest BCUT2D eigenvalue weighted by Crippen LogP contribution is -2.33. The van der Waals surface area contributed by atoms with E-state index in [0.717, 1.165) is 5.69 Å². The second kappa shape index (κ2) is 5.66. The Morgan fingerprint density at radius 3 is 2.65 bits per heavy atom. The second-order valence-corrected chi connectivity index (χ2v) is 6.08. The number of nitrogens with one attached hydrogen (secondary N) is 1. The third kappa shape index (κ3) is 3.39. The van der Waals surface area contributed by atoms with Crippen molar-refractivity contribution in [1.82, 2.24) is 30.5 Å². The molecule has 0 amide bonds. The van der Waals surface area contributed by atoms with Crippen LogP contribution in [0.4, 0.5) is 0 Å². The Morgan fingerprint density at radius 2 is 2.10 bits per heavy atom. The molecular weight excluding hydrogens is 252 g/mol. The highest BCUT2D eigenvalue weighted by atomic mass is 15.6. The van der Waals surface area contributed by atoms with E-state index in [2.05, 4.69) is 59.5 Å². The van der Waals surface area contributed by atoms with E-state index < -0.39 is 0 Å². The zero-order chi connectivity index (χ0) is 14.8. The van der Waals surface area contributed by atoms with Gasteiger partial charge >= 0.3 is 0 Å². The Kier molecular flexibility index (Phi) is 4.13. The first-order chi connectivity index (χ1) is 9.38. The normalized spacial score (nSPS) is 13.4. The molecule has 0 aliphatic heterocycles. The minimum atomic E-state index is 0.0430. The number of hydrogen-bond donors (Lipinski definition) is 1. The Morgan fingerprint density at radius 1 is 1.35 bits per heavy atom. The zero-order valence-corrected chi connectivity index (χ0v) is 12.8. The Bertz CT molecular complexity index is 569. The zero-order valence-electron chi connectivity index (χ0n) is 12.8. The summed E-state index contributed by atoms with van der Waals surface area (Å²) in [7, 11) is 1.76. The SMILES string of the molecule is Cc1cccnc1C(NCc1nnn(C)n1)C(C)(C)C. The van der Waals surface area contributed by atoms with Gasteiger partial charge in [-0.15, -0.1) is 10.2 Å². The van der Waals surface area contributed by atoms with Crippen LogP contribution in [0.2, 0.25) is 0 Å². The summed E-state index contributed by atoms with van der Waals surface area (Å²) in [6.07, 6.45) is 1.84. The van der Waals surface area contributed by atoms with E-state index in [1.54, 1.807) is 7.05 Å². The fraction of sp³-hybridized carbons (Fsp3) is 0.571. The third-order valence-corrected chi connectivity index (χ3v) is 3.20. The first-order valence-corrected chi connectivity index (χ1v) is 6.75. The van der Waals surface area contributed by atoms with Crippen LogP contribution in [0.5, 0.6) is 0 Å². The summed E-state index contributed by atoms with van der Waals surface area (Å²) in [5.41, 5.74) is 2.30. The maximum Gasteiger partial charge on any atom is 0.188 e. The topological polar surface area (TPSA) is 68.5 Å². The molecule has 108 valence electrons. The second-order valence-electron chi connectivity index (χ2n) is 6.08. The van der Waals surface area contributed by atoms with Crippen molar-refractivity contribution in [2.45, 2.75) is 40.3 Å². The van der Waals surface area contributed by atoms with Crippen molar-refractivity contribution in [3.63, 3.8) is 0 Å². The van der Waals surface area contributed by atoms with Crippen molar-refractivity contribution in [3.05, 3.63) is 35.4 Å². The van der Waals surface area contributed by atoms with Crippen LogP contribution in [0.25, 0.3) is 0 Å². The van der Waals surface area contributed by atoms with Crippen LogP contribution in [0.15, 0.2) is 18.3 Å². The van der Waals surface area contributed by atoms with Crippen LogP contribution in [0.1, 0.15) is 43.9 Å². The maximum atomic E-state index is 4.54. The number of hydrogen-bond acceptors (Lipinski definition) is 5. The molecule has 0 aliphatic carbocycles. The summed E-state index contributed by atoms with van der Waals surface area (Å²) < 4.78 is 0. The molecule has 0 radical (unpaired) electrons. The molecule has 0 bridgehead atoms. The minimum absolute atomic E-state index is 0.0430. The van der Waals surface area contributed by atoms with E-state index in [1.807, 2.05) is 12.3 Å². The Balaban J connectivity index is 2.19. The highest BCUT2D eigenvalue weighted by molar-refractivity contribution is 5.22. The first kappa shape index (κ1) is 14.6. The molecule has 2 aromatic rings. The number of tetrazole rings is 1. The monoisotopic (exact) mass is 274 g/mol. The van der Waals surface area contributed by atoms with Gasteiger partial charge in [0.25, 0.3) is 0 Å². The summed E-state index contributed by atoms with van der Waals surface area (Å²) >= 11 is 0. The molecule has 0 saturated heterocycles. The number of pyridine rings is 1. The van der Waals surface area contributed by atoms with Crippen LogP contribution in [-0.4, -0.2) is 25.2 Å². The molecule has 0 saturated carbocycles. The van der Waals surface area contributed by atoms with Gasteiger partial charge in [0.2, 0.25) is 0 Å². The summed E-state index contributed by atoms with van der Waals surface area (Å²) in [6.45, 7) is 9.25. The summed E-state index contributed by atoms with van der Waals surface area (Å²) in [4.78, 5) is 6.01. The van der Waals surface area contributed by atoms with E-state index in [4.69, 9.17) is 0 Å². The largest absolute Gasteiger partial charge is 0.301 e. The van der Waals surface area contributed by atoms with Gasteiger partial charge in [-0.3, -0.25) is 4.98 Å². The number of aryl methyl sites for hydroxylation is 2. The van der Waals surface area contributed by atoms with Crippen LogP contribution >= 0.6 is 0 Å². The summed E-state index contributed by atoms with van der Waals surface area (Å²) in [5.74, 6) is 0.690. The minimum Gasteiger partial charge on any atom is -0.301 e. The molecule has 1 atom stereocenters. The molecule has 20 heavy (non-hydrogen) atoms. The predicted molar refractivity (Wildman–Crippen MR) is 76.8 cm³/mol. The average Bonchev–Trinajstić information content (AvgIpc) is 2.76. The highest BCUT2D eigenvalue weighted by Gasteiger charge is 2.28. The molecule has 6 heteroatoms. The van der Waals surface area contributed by atoms with E-state index in [1.165, 1.54) is 10.4 Å². The van der Waals surface area contributed by atoms with Crippen molar-refractivity contribution >= 4 is 0 Å². The van der Waals surface area contributed by atoms with Gasteiger partial charge in [-0.25, -0.2) is 0 Å². The molecule has 1 unspecified atom stereocenters. The van der Waals surface area contributed by atoms with Gasteiger partial charge in [-0.1, -0.05) is 26.8 Å². The smallest absolute Gasteiger partial charge is 0.188 e. The number of aromatic nitrogens is 5. The number of nitrogens with zero attached hydrogens (tertiary/aromatic N) is 5. The molecule has 2 aromatic heterocycles. The third-order valence-electron chi connectivity index (χ3n) is 3.20. The fourth-order valence-corrected chi connectivity index (χ4v) is 2.20. The summed E-state index contributed by atoms with van der Waals surface area (Å²) in [5, 5.41) is 15.5. The van der Waals surface area contributed by atoms with E-state index in [-0.39, 0.29) is 11.5 Å². The predicted octanol–water partition coefficient (Wildman–Crippen LogP) is 1.79. The molecule has 0 aliphatic rings. The lowest BCUT2D eigenvalue weighted by Gasteiger charge is -2.31. The van der Waals surface area contributed by atoms with Gasteiger partial charge in [-0.05, 0) is 29.2 Å². The van der Waals surface area contributed by atoms with Gasteiger partial charge in [0, 0.05) is 6.20 Å². The van der Waals surface area contributed by atoms with Gasteiger partial charge in [0.15, 0.2) is 5.82 Å². The van der Waals surface area contributed by atoms with Gasteiger partial charge in [-0.2, -0.15) is 4.80 Å². The Labute approximate surface area is 119 Å². The first-order valence-electron chi connectivity index (χ1n) is 6.75. The molecule has 6 nitrogen and oxygen atoms in total. The molecule has 0 fully saturated rings. The van der Waals surface area contributed by atoms with Crippen molar-refractivity contribution in [2.24, 2.45) is 12.5 Å². The lowest BCUT2D eigenvalue weighted by atomic mass is 9.83. The van der Waals surface area contributed by atoms with Gasteiger partial charge < -0.3 is 5.32 Å². The number of rotatable bonds is 4. The standard InChI is InChI=1S/C14H22N6/c1-10-7-6-8-15-12(10)13(14(2,3)4)16-9-11-17-19-20(5)18-11/h6-8,13,16H,9H2,1-5H3. The van der Waals surface area contributed by atoms with E-state index in [9.17, 15) is 0 Å². The molecule has 0 spiro atoms. The van der Waals surface area contributed by atoms with Crippen molar-refractivity contribution in [1.29, 1.82) is 0 Å². The van der Waals surface area contributed by atoms with Crippen molar-refractivity contribution in [2.75, 3.05) is 0 Å². The van der Waals surface area contributed by atoms with Crippen molar-refractivity contribution in [3.8, 4) is 0 Å². The van der Waals surface area contributed by atoms with Gasteiger partial charge in [0.05, 0.1) is 25.3 Å². The van der Waals surface area contributed by atoms with Crippen molar-refractivity contribution < 1.29 is 0 Å². The molecule has 2 rings (SSSR count). The summed E-state index contributed by atoms with van der Waals surface area (Å²) in [6, 6.07) is 4.18. The lowest BCUT2D eigenvalue weighted by molar-refractivity contribution is 0.263. The fourth-order valence-electron chi connectivity index (χ4n) is 2.20. The quantitative estimate of drug-likeness (QED) is 0.920. The molecular formula is C14H22N6. The van der Waals surface area contributed by atoms with Crippen LogP contribution in [0.3, 0.4) is 0 Å². The highest BCUT2D eigenvalue weighted by Crippen LogP contribution is 2.33. The Hall–Kier alpha value is -1.82. The van der Waals surface area contributed by atoms with E-state index >= 15 is 0 Å². The van der Waals surface area contributed by atoms with Crippen LogP contribution < -0.4 is 5.32 Å². The molecule has 1 N–H and O–H groups in total. The van der Waals surface area contributed by atoms with Gasteiger partial charge in [0.1, 0.15) is 0 Å². The van der Waals surface area contributed by atoms with E-state index in [0.29, 0.717) is 12.4 Å². The van der Waals surface area contributed by atoms with Crippen LogP contribution in [0, 0.1) is 12.3 Å². The molecule has 2 heterocycles. The molecule has 0 aromatic carbocycles. The van der Waals surface area contributed by atoms with Crippen LogP contribution in [-0.2, 0) is 13.6 Å².